The van der Waals surface area contributed by atoms with E-state index in [0.717, 1.165) is 0 Å². The van der Waals surface area contributed by atoms with Crippen molar-refractivity contribution in [2.24, 2.45) is 0 Å². The molecule has 0 aliphatic rings. The fraction of sp³-hybridized carbons (Fsp3) is 0.150. The van der Waals surface area contributed by atoms with E-state index in [4.69, 9.17) is 25.8 Å². The van der Waals surface area contributed by atoms with Crippen molar-refractivity contribution in [3.8, 4) is 23.1 Å². The van der Waals surface area contributed by atoms with E-state index in [2.05, 4.69) is 10.4 Å². The van der Waals surface area contributed by atoms with Crippen LogP contribution in [0.1, 0.15) is 10.5 Å². The summed E-state index contributed by atoms with van der Waals surface area (Å²) in [4.78, 5) is 25.0. The summed E-state index contributed by atoms with van der Waals surface area (Å²) in [7, 11) is 4.43. The van der Waals surface area contributed by atoms with Crippen LogP contribution in [0, 0.1) is 0 Å². The summed E-state index contributed by atoms with van der Waals surface area (Å²) in [5.74, 6) is 0.483. The van der Waals surface area contributed by atoms with E-state index in [1.54, 1.807) is 42.5 Å². The number of ether oxygens (including phenoxy) is 3. The van der Waals surface area contributed by atoms with Gasteiger partial charge in [0.2, 0.25) is 11.3 Å². The van der Waals surface area contributed by atoms with Crippen LogP contribution in [0.4, 0.5) is 5.69 Å². The molecule has 1 amide bonds. The predicted molar refractivity (Wildman–Crippen MR) is 109 cm³/mol. The molecule has 0 aliphatic carbocycles. The van der Waals surface area contributed by atoms with Crippen LogP contribution >= 0.6 is 11.6 Å². The Morgan fingerprint density at radius 1 is 0.966 bits per heavy atom. The molecule has 150 valence electrons. The summed E-state index contributed by atoms with van der Waals surface area (Å²) >= 11 is 5.85. The number of hydrogen-bond acceptors (Lipinski definition) is 6. The van der Waals surface area contributed by atoms with Gasteiger partial charge in [0.05, 0.1) is 33.1 Å². The summed E-state index contributed by atoms with van der Waals surface area (Å²) in [6, 6.07) is 12.7. The molecule has 8 nitrogen and oxygen atoms in total. The maximum atomic E-state index is 12.6. The molecule has 0 saturated heterocycles. The third kappa shape index (κ3) is 4.33. The maximum Gasteiger partial charge on any atom is 0.280 e. The van der Waals surface area contributed by atoms with E-state index in [0.29, 0.717) is 27.9 Å². The van der Waals surface area contributed by atoms with Gasteiger partial charge in [-0.1, -0.05) is 11.6 Å². The fourth-order valence-electron chi connectivity index (χ4n) is 2.61. The SMILES string of the molecule is COc1ccc(-n2nc(C(=O)Nc3ccc(Cl)cc3)c(=O)cc2OC)cc1OC. The van der Waals surface area contributed by atoms with E-state index in [1.165, 1.54) is 32.1 Å². The second-order valence-electron chi connectivity index (χ2n) is 5.81. The first kappa shape index (κ1) is 20.2. The third-order valence-corrected chi connectivity index (χ3v) is 4.29. The van der Waals surface area contributed by atoms with E-state index >= 15 is 0 Å². The molecule has 0 unspecified atom stereocenters. The first-order valence-electron chi connectivity index (χ1n) is 8.44. The Bertz CT molecular complexity index is 1100. The normalized spacial score (nSPS) is 10.3. The molecule has 0 radical (unpaired) electrons. The molecule has 0 bridgehead atoms. The Balaban J connectivity index is 2.03. The number of carbonyl (C=O) groups is 1. The van der Waals surface area contributed by atoms with E-state index in [1.807, 2.05) is 0 Å². The largest absolute Gasteiger partial charge is 0.493 e. The number of nitrogens with one attached hydrogen (secondary N) is 1. The minimum atomic E-state index is -0.658. The molecule has 3 aromatic rings. The summed E-state index contributed by atoms with van der Waals surface area (Å²) < 4.78 is 17.1. The van der Waals surface area contributed by atoms with Crippen LogP contribution in [0.2, 0.25) is 5.02 Å². The van der Waals surface area contributed by atoms with Gasteiger partial charge in [-0.15, -0.1) is 0 Å². The lowest BCUT2D eigenvalue weighted by molar-refractivity contribution is 0.101. The van der Waals surface area contributed by atoms with Crippen molar-refractivity contribution in [2.45, 2.75) is 0 Å². The van der Waals surface area contributed by atoms with Gasteiger partial charge >= 0.3 is 0 Å². The molecule has 0 aliphatic heterocycles. The second-order valence-corrected chi connectivity index (χ2v) is 6.25. The summed E-state index contributed by atoms with van der Waals surface area (Å²) in [6.45, 7) is 0. The van der Waals surface area contributed by atoms with Gasteiger partial charge in [0, 0.05) is 16.8 Å². The number of methoxy groups -OCH3 is 3. The number of aromatic nitrogens is 2. The number of halogens is 1. The molecule has 0 saturated carbocycles. The molecule has 9 heteroatoms. The molecule has 0 atom stereocenters. The minimum Gasteiger partial charge on any atom is -0.493 e. The van der Waals surface area contributed by atoms with Crippen LogP contribution in [0.15, 0.2) is 53.3 Å². The Morgan fingerprint density at radius 2 is 1.66 bits per heavy atom. The van der Waals surface area contributed by atoms with Gasteiger partial charge in [0.25, 0.3) is 5.91 Å². The van der Waals surface area contributed by atoms with Gasteiger partial charge in [-0.2, -0.15) is 9.78 Å². The van der Waals surface area contributed by atoms with E-state index in [9.17, 15) is 9.59 Å². The van der Waals surface area contributed by atoms with Crippen molar-refractivity contribution >= 4 is 23.2 Å². The van der Waals surface area contributed by atoms with Crippen LogP contribution in [0.5, 0.6) is 17.4 Å². The van der Waals surface area contributed by atoms with Crippen molar-refractivity contribution in [3.05, 3.63) is 69.5 Å². The van der Waals surface area contributed by atoms with Gasteiger partial charge in [-0.25, -0.2) is 0 Å². The van der Waals surface area contributed by atoms with Gasteiger partial charge in [-0.3, -0.25) is 9.59 Å². The standard InChI is InChI=1S/C20H18ClN3O5/c1-27-16-9-8-14(10-17(16)28-2)24-18(29-3)11-15(25)19(23-24)20(26)22-13-6-4-12(21)5-7-13/h4-11H,1-3H3,(H,22,26). The lowest BCUT2D eigenvalue weighted by atomic mass is 10.2. The van der Waals surface area contributed by atoms with Gasteiger partial charge in [-0.05, 0) is 36.4 Å². The smallest absolute Gasteiger partial charge is 0.280 e. The number of carbonyl (C=O) groups excluding carboxylic acids is 1. The minimum absolute atomic E-state index is 0.158. The molecule has 29 heavy (non-hydrogen) atoms. The molecule has 0 spiro atoms. The third-order valence-electron chi connectivity index (χ3n) is 4.03. The van der Waals surface area contributed by atoms with Crippen LogP contribution in [-0.4, -0.2) is 37.0 Å². The van der Waals surface area contributed by atoms with Gasteiger partial charge in [0.1, 0.15) is 0 Å². The van der Waals surface area contributed by atoms with Crippen molar-refractivity contribution < 1.29 is 19.0 Å². The van der Waals surface area contributed by atoms with Crippen LogP contribution in [0.3, 0.4) is 0 Å². The molecule has 1 heterocycles. The van der Waals surface area contributed by atoms with Crippen LogP contribution in [0.25, 0.3) is 5.69 Å². The first-order chi connectivity index (χ1) is 14.0. The highest BCUT2D eigenvalue weighted by molar-refractivity contribution is 6.30. The number of anilines is 1. The molecular weight excluding hydrogens is 398 g/mol. The molecule has 2 aromatic carbocycles. The van der Waals surface area contributed by atoms with E-state index < -0.39 is 11.3 Å². The fourth-order valence-corrected chi connectivity index (χ4v) is 2.73. The lowest BCUT2D eigenvalue weighted by Gasteiger charge is -2.14. The topological polar surface area (TPSA) is 91.7 Å². The molecule has 3 rings (SSSR count). The molecule has 1 N–H and O–H groups in total. The second kappa shape index (κ2) is 8.66. The van der Waals surface area contributed by atoms with Crippen molar-refractivity contribution in [1.29, 1.82) is 0 Å². The highest BCUT2D eigenvalue weighted by atomic mass is 35.5. The molecule has 1 aromatic heterocycles. The molecular formula is C20H18ClN3O5. The number of benzene rings is 2. The lowest BCUT2D eigenvalue weighted by Crippen LogP contribution is -2.26. The quantitative estimate of drug-likeness (QED) is 0.664. The van der Waals surface area contributed by atoms with Crippen LogP contribution < -0.4 is 25.0 Å². The molecule has 0 fully saturated rings. The maximum absolute atomic E-state index is 12.6. The Hall–Kier alpha value is -3.52. The van der Waals surface area contributed by atoms with Crippen molar-refractivity contribution in [2.75, 3.05) is 26.6 Å². The highest BCUT2D eigenvalue weighted by Gasteiger charge is 2.18. The zero-order valence-electron chi connectivity index (χ0n) is 15.9. The Morgan fingerprint density at radius 3 is 2.28 bits per heavy atom. The number of rotatable bonds is 6. The average Bonchev–Trinajstić information content (AvgIpc) is 2.74. The first-order valence-corrected chi connectivity index (χ1v) is 8.82. The van der Waals surface area contributed by atoms with Crippen molar-refractivity contribution in [1.82, 2.24) is 9.78 Å². The van der Waals surface area contributed by atoms with Crippen molar-refractivity contribution in [3.63, 3.8) is 0 Å². The summed E-state index contributed by atoms with van der Waals surface area (Å²) in [6.07, 6.45) is 0. The number of amides is 1. The monoisotopic (exact) mass is 415 g/mol. The summed E-state index contributed by atoms with van der Waals surface area (Å²) in [5.41, 5.74) is 0.120. The zero-order valence-corrected chi connectivity index (χ0v) is 16.7. The Labute approximate surface area is 171 Å². The predicted octanol–water partition coefficient (Wildman–Crippen LogP) is 3.16. The average molecular weight is 416 g/mol. The summed E-state index contributed by atoms with van der Waals surface area (Å²) in [5, 5.41) is 7.36. The highest BCUT2D eigenvalue weighted by Crippen LogP contribution is 2.30. The Kier molecular flexibility index (Phi) is 6.04. The van der Waals surface area contributed by atoms with Gasteiger partial charge in [0.15, 0.2) is 17.2 Å². The van der Waals surface area contributed by atoms with E-state index in [-0.39, 0.29) is 11.6 Å². The number of nitrogens with zero attached hydrogens (tertiary/aromatic N) is 2. The number of hydrogen-bond donors (Lipinski definition) is 1. The zero-order chi connectivity index (χ0) is 21.0. The van der Waals surface area contributed by atoms with Gasteiger partial charge < -0.3 is 19.5 Å². The van der Waals surface area contributed by atoms with Crippen LogP contribution in [-0.2, 0) is 0 Å².